The molecule has 0 aliphatic carbocycles. The van der Waals surface area contributed by atoms with Crippen LogP contribution in [0.25, 0.3) is 0 Å². The van der Waals surface area contributed by atoms with Gasteiger partial charge in [-0.15, -0.1) is 0 Å². The van der Waals surface area contributed by atoms with Crippen LogP contribution < -0.4 is 5.32 Å². The average Bonchev–Trinajstić information content (AvgIpc) is 2.95. The minimum Gasteiger partial charge on any atom is -0.380 e. The fourth-order valence-corrected chi connectivity index (χ4v) is 2.70. The van der Waals surface area contributed by atoms with E-state index in [1.54, 1.807) is 0 Å². The second-order valence-corrected chi connectivity index (χ2v) is 5.15. The Labute approximate surface area is 123 Å². The van der Waals surface area contributed by atoms with Gasteiger partial charge in [-0.3, -0.25) is 4.79 Å². The van der Waals surface area contributed by atoms with Gasteiger partial charge in [0, 0.05) is 26.3 Å². The second-order valence-electron chi connectivity index (χ2n) is 5.15. The van der Waals surface area contributed by atoms with E-state index in [-0.39, 0.29) is 11.4 Å². The molecule has 1 fully saturated rings. The fourth-order valence-electron chi connectivity index (χ4n) is 2.70. The molecule has 0 spiro atoms. The molecule has 1 aliphatic heterocycles. The molecule has 1 unspecified atom stereocenters. The smallest absolute Gasteiger partial charge is 0.243 e. The minimum absolute atomic E-state index is 0.205. The third-order valence-corrected chi connectivity index (χ3v) is 3.96. The van der Waals surface area contributed by atoms with E-state index < -0.39 is 0 Å². The van der Waals surface area contributed by atoms with Gasteiger partial charge in [0.1, 0.15) is 0 Å². The zero-order chi connectivity index (χ0) is 14.8. The molecule has 5 heteroatoms. The highest BCUT2D eigenvalue weighted by atomic mass is 16.5. The molecule has 0 aromatic carbocycles. The molecule has 1 N–H and O–H groups in total. The summed E-state index contributed by atoms with van der Waals surface area (Å²) in [7, 11) is 0. The molecule has 1 rings (SSSR count). The van der Waals surface area contributed by atoms with Crippen LogP contribution in [0, 0.1) is 0 Å². The SMILES string of the molecule is CCOCCN(CCOCC)C(=O)C1(CC)CCCN1. The molecular weight excluding hydrogens is 256 g/mol. The summed E-state index contributed by atoms with van der Waals surface area (Å²) in [4.78, 5) is 14.7. The lowest BCUT2D eigenvalue weighted by atomic mass is 9.92. The first-order valence-electron chi connectivity index (χ1n) is 7.90. The molecule has 0 saturated carbocycles. The van der Waals surface area contributed by atoms with Crippen molar-refractivity contribution in [2.24, 2.45) is 0 Å². The molecule has 0 aromatic heterocycles. The van der Waals surface area contributed by atoms with Crippen LogP contribution in [-0.2, 0) is 14.3 Å². The highest BCUT2D eigenvalue weighted by Crippen LogP contribution is 2.25. The Morgan fingerprint density at radius 2 is 1.75 bits per heavy atom. The van der Waals surface area contributed by atoms with Crippen LogP contribution in [0.3, 0.4) is 0 Å². The van der Waals surface area contributed by atoms with E-state index in [0.29, 0.717) is 39.5 Å². The molecule has 20 heavy (non-hydrogen) atoms. The van der Waals surface area contributed by atoms with Crippen molar-refractivity contribution in [3.63, 3.8) is 0 Å². The van der Waals surface area contributed by atoms with Gasteiger partial charge in [0.05, 0.1) is 18.8 Å². The third kappa shape index (κ3) is 4.72. The Balaban J connectivity index is 2.61. The van der Waals surface area contributed by atoms with Gasteiger partial charge in [-0.2, -0.15) is 0 Å². The standard InChI is InChI=1S/C15H30N2O3/c1-4-15(8-7-9-16-15)14(18)17(10-12-19-5-2)11-13-20-6-3/h16H,4-13H2,1-3H3. The predicted octanol–water partition coefficient (Wildman–Crippen LogP) is 1.42. The summed E-state index contributed by atoms with van der Waals surface area (Å²) in [6, 6.07) is 0. The molecule has 0 aromatic rings. The highest BCUT2D eigenvalue weighted by Gasteiger charge is 2.41. The number of hydrogen-bond donors (Lipinski definition) is 1. The van der Waals surface area contributed by atoms with Crippen LogP contribution in [-0.4, -0.2) is 62.4 Å². The Hall–Kier alpha value is -0.650. The van der Waals surface area contributed by atoms with Gasteiger partial charge in [0.2, 0.25) is 5.91 Å². The van der Waals surface area contributed by atoms with Crippen molar-refractivity contribution in [2.45, 2.75) is 45.6 Å². The summed E-state index contributed by atoms with van der Waals surface area (Å²) in [6.07, 6.45) is 2.85. The summed E-state index contributed by atoms with van der Waals surface area (Å²) < 4.78 is 10.8. The minimum atomic E-state index is -0.363. The van der Waals surface area contributed by atoms with Gasteiger partial charge < -0.3 is 19.7 Å². The van der Waals surface area contributed by atoms with Gasteiger partial charge in [-0.05, 0) is 39.7 Å². The van der Waals surface area contributed by atoms with Gasteiger partial charge in [0.25, 0.3) is 0 Å². The number of nitrogens with one attached hydrogen (secondary N) is 1. The summed E-state index contributed by atoms with van der Waals surface area (Å²) in [5.74, 6) is 0.205. The van der Waals surface area contributed by atoms with Crippen LogP contribution in [0.1, 0.15) is 40.0 Å². The molecule has 1 saturated heterocycles. The van der Waals surface area contributed by atoms with E-state index in [0.717, 1.165) is 25.8 Å². The largest absolute Gasteiger partial charge is 0.380 e. The van der Waals surface area contributed by atoms with Crippen molar-refractivity contribution in [3.05, 3.63) is 0 Å². The quantitative estimate of drug-likeness (QED) is 0.617. The lowest BCUT2D eigenvalue weighted by Gasteiger charge is -2.34. The number of rotatable bonds is 10. The van der Waals surface area contributed by atoms with E-state index in [9.17, 15) is 4.79 Å². The zero-order valence-electron chi connectivity index (χ0n) is 13.2. The number of nitrogens with zero attached hydrogens (tertiary/aromatic N) is 1. The Morgan fingerprint density at radius 3 is 2.15 bits per heavy atom. The summed E-state index contributed by atoms with van der Waals surface area (Å²) in [5, 5.41) is 3.41. The zero-order valence-corrected chi connectivity index (χ0v) is 13.2. The maximum atomic E-state index is 12.8. The van der Waals surface area contributed by atoms with Crippen molar-refractivity contribution < 1.29 is 14.3 Å². The maximum Gasteiger partial charge on any atom is 0.243 e. The van der Waals surface area contributed by atoms with Gasteiger partial charge in [-0.25, -0.2) is 0 Å². The number of ether oxygens (including phenoxy) is 2. The molecule has 118 valence electrons. The number of amides is 1. The van der Waals surface area contributed by atoms with Crippen molar-refractivity contribution in [2.75, 3.05) is 46.1 Å². The number of carbonyl (C=O) groups excluding carboxylic acids is 1. The third-order valence-electron chi connectivity index (χ3n) is 3.96. The number of carbonyl (C=O) groups is 1. The van der Waals surface area contributed by atoms with Gasteiger partial charge in [-0.1, -0.05) is 6.92 Å². The Morgan fingerprint density at radius 1 is 1.15 bits per heavy atom. The molecule has 5 nitrogen and oxygen atoms in total. The first kappa shape index (κ1) is 17.4. The molecule has 1 amide bonds. The molecule has 1 aliphatic rings. The maximum absolute atomic E-state index is 12.8. The average molecular weight is 286 g/mol. The summed E-state index contributed by atoms with van der Waals surface area (Å²) in [5.41, 5.74) is -0.363. The van der Waals surface area contributed by atoms with Crippen LogP contribution in [0.15, 0.2) is 0 Å². The first-order chi connectivity index (χ1) is 9.70. The first-order valence-corrected chi connectivity index (χ1v) is 7.90. The van der Waals surface area contributed by atoms with E-state index in [1.165, 1.54) is 0 Å². The van der Waals surface area contributed by atoms with Gasteiger partial charge >= 0.3 is 0 Å². The normalized spacial score (nSPS) is 22.1. The van der Waals surface area contributed by atoms with E-state index in [1.807, 2.05) is 18.7 Å². The lowest BCUT2D eigenvalue weighted by Crippen LogP contribution is -2.55. The van der Waals surface area contributed by atoms with Crippen molar-refractivity contribution in [3.8, 4) is 0 Å². The van der Waals surface area contributed by atoms with Gasteiger partial charge in [0.15, 0.2) is 0 Å². The van der Waals surface area contributed by atoms with E-state index in [2.05, 4.69) is 12.2 Å². The van der Waals surface area contributed by atoms with Crippen molar-refractivity contribution in [1.82, 2.24) is 10.2 Å². The van der Waals surface area contributed by atoms with Crippen LogP contribution in [0.5, 0.6) is 0 Å². The molecule has 0 bridgehead atoms. The topological polar surface area (TPSA) is 50.8 Å². The molecule has 1 atom stereocenters. The second kappa shape index (κ2) is 9.32. The molecular formula is C15H30N2O3. The fraction of sp³-hybridized carbons (Fsp3) is 0.933. The van der Waals surface area contributed by atoms with Crippen molar-refractivity contribution >= 4 is 5.91 Å². The monoisotopic (exact) mass is 286 g/mol. The van der Waals surface area contributed by atoms with Crippen molar-refractivity contribution in [1.29, 1.82) is 0 Å². The summed E-state index contributed by atoms with van der Waals surface area (Å²) in [6.45, 7) is 10.8. The van der Waals surface area contributed by atoms with Crippen LogP contribution in [0.2, 0.25) is 0 Å². The predicted molar refractivity (Wildman–Crippen MR) is 79.8 cm³/mol. The van der Waals surface area contributed by atoms with E-state index >= 15 is 0 Å². The Bertz CT molecular complexity index is 268. The van der Waals surface area contributed by atoms with E-state index in [4.69, 9.17) is 9.47 Å². The molecule has 1 heterocycles. The van der Waals surface area contributed by atoms with Crippen LogP contribution >= 0.6 is 0 Å². The Kier molecular flexibility index (Phi) is 8.11. The van der Waals surface area contributed by atoms with Crippen LogP contribution in [0.4, 0.5) is 0 Å². The molecule has 0 radical (unpaired) electrons. The highest BCUT2D eigenvalue weighted by molar-refractivity contribution is 5.86. The lowest BCUT2D eigenvalue weighted by molar-refractivity contribution is -0.139. The number of hydrogen-bond acceptors (Lipinski definition) is 4. The summed E-state index contributed by atoms with van der Waals surface area (Å²) >= 11 is 0.